The molecule has 0 unspecified atom stereocenters. The fourth-order valence-corrected chi connectivity index (χ4v) is 7.68. The van der Waals surface area contributed by atoms with Gasteiger partial charge in [-0.05, 0) is 78.0 Å². The van der Waals surface area contributed by atoms with Gasteiger partial charge in [-0.2, -0.15) is 0 Å². The Kier molecular flexibility index (Phi) is 6.97. The Morgan fingerprint density at radius 3 is 2.40 bits per heavy atom. The number of ether oxygens (including phenoxy) is 1. The van der Waals surface area contributed by atoms with Gasteiger partial charge in [-0.15, -0.1) is 42.7 Å². The van der Waals surface area contributed by atoms with E-state index >= 15 is 0 Å². The Labute approximate surface area is 327 Å². The molecular weight excluding hydrogens is 868 g/mol. The molecule has 6 aromatic carbocycles. The van der Waals surface area contributed by atoms with Gasteiger partial charge in [0.25, 0.3) is 0 Å². The summed E-state index contributed by atoms with van der Waals surface area (Å²) in [5, 5.41) is 3.75. The van der Waals surface area contributed by atoms with Gasteiger partial charge in [0.1, 0.15) is 22.6 Å². The maximum Gasteiger partial charge on any atom is 0.208 e. The van der Waals surface area contributed by atoms with E-state index in [1.54, 1.807) is 6.20 Å². The van der Waals surface area contributed by atoms with Gasteiger partial charge in [-0.3, -0.25) is 4.57 Å². The summed E-state index contributed by atoms with van der Waals surface area (Å²) in [6.07, 6.45) is 5.81. The summed E-state index contributed by atoms with van der Waals surface area (Å²) >= 11 is 0. The summed E-state index contributed by atoms with van der Waals surface area (Å²) in [5.41, 5.74) is 8.30. The number of fused-ring (bicyclic) bond motifs is 12. The average molecular weight is 893 g/mol. The van der Waals surface area contributed by atoms with Gasteiger partial charge >= 0.3 is 0 Å². The third-order valence-electron chi connectivity index (χ3n) is 10.1. The van der Waals surface area contributed by atoms with E-state index in [1.807, 2.05) is 120 Å². The molecule has 1 aliphatic rings. The molecule has 10 heteroatoms. The first kappa shape index (κ1) is 31.7. The van der Waals surface area contributed by atoms with E-state index in [4.69, 9.17) is 23.5 Å². The van der Waals surface area contributed by atoms with Crippen molar-refractivity contribution in [1.29, 1.82) is 0 Å². The summed E-state index contributed by atoms with van der Waals surface area (Å²) in [4.78, 5) is 13.8. The molecule has 1 aliphatic heterocycles. The zero-order chi connectivity index (χ0) is 35.3. The molecule has 6 heterocycles. The predicted octanol–water partition coefficient (Wildman–Crippen LogP) is 10.9. The van der Waals surface area contributed by atoms with Crippen LogP contribution in [-0.2, 0) is 21.1 Å². The molecule has 5 aromatic heterocycles. The van der Waals surface area contributed by atoms with Crippen LogP contribution in [-0.4, -0.2) is 18.9 Å². The summed E-state index contributed by atoms with van der Waals surface area (Å²) in [6.45, 7) is 2.03. The molecule has 0 saturated carbocycles. The number of furan rings is 2. The number of benzene rings is 6. The zero-order valence-electron chi connectivity index (χ0n) is 28.7. The Bertz CT molecular complexity index is 3310. The van der Waals surface area contributed by atoms with Gasteiger partial charge in [0.2, 0.25) is 5.78 Å². The van der Waals surface area contributed by atoms with Crippen LogP contribution < -0.4 is 14.5 Å². The third kappa shape index (κ3) is 4.76. The predicted molar refractivity (Wildman–Crippen MR) is 211 cm³/mol. The van der Waals surface area contributed by atoms with Crippen LogP contribution in [0.15, 0.2) is 155 Å². The second-order valence-electron chi connectivity index (χ2n) is 13.2. The Morgan fingerprint density at radius 2 is 1.49 bits per heavy atom. The van der Waals surface area contributed by atoms with Crippen LogP contribution in [0.3, 0.4) is 0 Å². The van der Waals surface area contributed by atoms with Crippen LogP contribution in [0.4, 0.5) is 11.4 Å². The number of imidazole rings is 2. The van der Waals surface area contributed by atoms with Gasteiger partial charge in [0.05, 0.1) is 27.8 Å². The molecule has 12 rings (SSSR count). The van der Waals surface area contributed by atoms with Gasteiger partial charge in [0.15, 0.2) is 0 Å². The van der Waals surface area contributed by atoms with Crippen molar-refractivity contribution in [2.45, 2.75) is 0 Å². The maximum atomic E-state index is 6.80. The minimum atomic E-state index is 0. The Hall–Kier alpha value is -6.83. The number of aromatic nitrogens is 4. The molecule has 0 fully saturated rings. The van der Waals surface area contributed by atoms with Gasteiger partial charge < -0.3 is 27.8 Å². The van der Waals surface area contributed by atoms with Crippen LogP contribution in [0.25, 0.3) is 77.5 Å². The minimum Gasteiger partial charge on any atom is -0.511 e. The van der Waals surface area contributed by atoms with E-state index in [2.05, 4.69) is 57.8 Å². The average Bonchev–Trinajstić information content (AvgIpc) is 4.05. The SMILES string of the molecule is [Pt].[c-]1c(N2C=CN(c3ccccc3)[CH-]2)cc2c(oc3c2ccc2oc4ccccc4c23)c1Oc1[c-]c2c(cc1)n1c3ccccc3nc1n2-c1ccccn1. The second-order valence-corrected chi connectivity index (χ2v) is 13.2. The number of pyridine rings is 1. The molecule has 0 aliphatic carbocycles. The van der Waals surface area contributed by atoms with E-state index in [1.165, 1.54) is 0 Å². The van der Waals surface area contributed by atoms with Crippen molar-refractivity contribution in [2.24, 2.45) is 0 Å². The quantitative estimate of drug-likeness (QED) is 0.159. The molecular formula is C45H25N6O3Pt-3. The number of hydrogen-bond acceptors (Lipinski definition) is 7. The Balaban J connectivity index is 0.00000352. The number of nitrogens with zero attached hydrogens (tertiary/aromatic N) is 6. The first-order valence-electron chi connectivity index (χ1n) is 17.6. The summed E-state index contributed by atoms with van der Waals surface area (Å²) < 4.78 is 24.0. The topological polar surface area (TPSA) is 77.1 Å². The summed E-state index contributed by atoms with van der Waals surface area (Å²) in [5.74, 6) is 2.39. The second kappa shape index (κ2) is 12.1. The fraction of sp³-hybridized carbons (Fsp3) is 0. The summed E-state index contributed by atoms with van der Waals surface area (Å²) in [6, 6.07) is 49.4. The molecule has 0 radical (unpaired) electrons. The molecule has 0 amide bonds. The van der Waals surface area contributed by atoms with Gasteiger partial charge in [-0.25, -0.2) is 9.97 Å². The number of anilines is 2. The molecule has 0 atom stereocenters. The number of para-hydroxylation sites is 4. The molecule has 11 aromatic rings. The molecule has 9 nitrogen and oxygen atoms in total. The smallest absolute Gasteiger partial charge is 0.208 e. The molecule has 0 bridgehead atoms. The van der Waals surface area contributed by atoms with Crippen molar-refractivity contribution in [3.63, 3.8) is 0 Å². The van der Waals surface area contributed by atoms with E-state index in [9.17, 15) is 0 Å². The van der Waals surface area contributed by atoms with Crippen molar-refractivity contribution in [2.75, 3.05) is 9.80 Å². The fourth-order valence-electron chi connectivity index (χ4n) is 7.68. The van der Waals surface area contributed by atoms with Gasteiger partial charge in [-0.1, -0.05) is 60.0 Å². The van der Waals surface area contributed by atoms with Crippen LogP contribution in [0.2, 0.25) is 0 Å². The van der Waals surface area contributed by atoms with E-state index in [-0.39, 0.29) is 21.1 Å². The van der Waals surface area contributed by atoms with Crippen LogP contribution >= 0.6 is 0 Å². The van der Waals surface area contributed by atoms with Crippen LogP contribution in [0, 0.1) is 18.8 Å². The largest absolute Gasteiger partial charge is 0.511 e. The van der Waals surface area contributed by atoms with E-state index in [0.717, 1.165) is 83.3 Å². The van der Waals surface area contributed by atoms with Gasteiger partial charge in [0, 0.05) is 49.5 Å². The van der Waals surface area contributed by atoms with Crippen molar-refractivity contribution in [3.05, 3.63) is 165 Å². The maximum absolute atomic E-state index is 6.80. The van der Waals surface area contributed by atoms with Crippen LogP contribution in [0.5, 0.6) is 11.5 Å². The normalized spacial score (nSPS) is 13.1. The molecule has 0 N–H and O–H groups in total. The van der Waals surface area contributed by atoms with Crippen molar-refractivity contribution < 1.29 is 34.6 Å². The Morgan fingerprint density at radius 1 is 0.655 bits per heavy atom. The first-order chi connectivity index (χ1) is 26.7. The van der Waals surface area contributed by atoms with Crippen molar-refractivity contribution in [1.82, 2.24) is 18.9 Å². The first-order valence-corrected chi connectivity index (χ1v) is 17.6. The third-order valence-corrected chi connectivity index (χ3v) is 10.1. The van der Waals surface area contributed by atoms with E-state index < -0.39 is 0 Å². The monoisotopic (exact) mass is 892 g/mol. The summed E-state index contributed by atoms with van der Waals surface area (Å²) in [7, 11) is 0. The molecule has 55 heavy (non-hydrogen) atoms. The van der Waals surface area contributed by atoms with Crippen LogP contribution in [0.1, 0.15) is 0 Å². The number of hydrogen-bond donors (Lipinski definition) is 0. The molecule has 266 valence electrons. The minimum absolute atomic E-state index is 0. The van der Waals surface area contributed by atoms with Crippen molar-refractivity contribution >= 4 is 83.1 Å². The zero-order valence-corrected chi connectivity index (χ0v) is 30.9. The molecule has 0 saturated heterocycles. The number of rotatable bonds is 5. The van der Waals surface area contributed by atoms with E-state index in [0.29, 0.717) is 17.1 Å². The van der Waals surface area contributed by atoms with Crippen molar-refractivity contribution in [3.8, 4) is 17.3 Å². The standard InChI is InChI=1S/C45H25N6O3.Pt/c1-2-10-28(11-3-1)48-22-23-49(27-48)29-24-33-31-18-20-39-42(32-12-4-7-15-38(32)53-39)44(31)54-43(33)40(25-29)52-30-17-19-36-37(26-30)51(41-16-8-9-21-46-41)45-47-34-13-5-6-14-35(34)50(36)45;/h1-24,27H;/q-3;. The molecule has 0 spiro atoms.